The summed E-state index contributed by atoms with van der Waals surface area (Å²) in [7, 11) is 3.47. The number of hydrogen-bond donors (Lipinski definition) is 2. The highest BCUT2D eigenvalue weighted by molar-refractivity contribution is 7.80. The zero-order chi connectivity index (χ0) is 14.4. The van der Waals surface area contributed by atoms with Gasteiger partial charge in [-0.15, -0.1) is 0 Å². The molecule has 20 heavy (non-hydrogen) atoms. The Labute approximate surface area is 122 Å². The maximum atomic E-state index is 5.14. The summed E-state index contributed by atoms with van der Waals surface area (Å²) < 4.78 is 6.84. The molecule has 0 bridgehead atoms. The second-order valence-electron chi connectivity index (χ2n) is 4.00. The smallest absolute Gasteiger partial charge is 0.191 e. The van der Waals surface area contributed by atoms with Crippen molar-refractivity contribution in [2.75, 3.05) is 12.4 Å². The summed E-state index contributed by atoms with van der Waals surface area (Å²) in [6.45, 7) is 0. The molecule has 0 fully saturated rings. The van der Waals surface area contributed by atoms with E-state index in [0.29, 0.717) is 5.11 Å². The molecule has 0 radical (unpaired) electrons. The van der Waals surface area contributed by atoms with Gasteiger partial charge in [-0.2, -0.15) is 10.2 Å². The fourth-order valence-corrected chi connectivity index (χ4v) is 1.70. The van der Waals surface area contributed by atoms with Gasteiger partial charge in [-0.3, -0.25) is 10.1 Å². The van der Waals surface area contributed by atoms with Crippen LogP contribution in [0.3, 0.4) is 0 Å². The molecule has 6 nitrogen and oxygen atoms in total. The summed E-state index contributed by atoms with van der Waals surface area (Å²) in [5.41, 5.74) is 4.46. The number of rotatable bonds is 4. The fraction of sp³-hybridized carbons (Fsp3) is 0.154. The number of anilines is 1. The Hall–Kier alpha value is -2.41. The van der Waals surface area contributed by atoms with Gasteiger partial charge >= 0.3 is 0 Å². The van der Waals surface area contributed by atoms with Crippen molar-refractivity contribution in [1.29, 1.82) is 0 Å². The number of aromatic nitrogens is 2. The van der Waals surface area contributed by atoms with Gasteiger partial charge in [0.05, 0.1) is 19.5 Å². The Balaban J connectivity index is 1.87. The van der Waals surface area contributed by atoms with Crippen LogP contribution in [0.15, 0.2) is 41.8 Å². The van der Waals surface area contributed by atoms with Crippen LogP contribution in [0, 0.1) is 0 Å². The topological polar surface area (TPSA) is 63.5 Å². The van der Waals surface area contributed by atoms with Crippen LogP contribution in [0.1, 0.15) is 5.56 Å². The number of ether oxygens (including phenoxy) is 1. The van der Waals surface area contributed by atoms with E-state index in [2.05, 4.69) is 20.9 Å². The minimum Gasteiger partial charge on any atom is -0.497 e. The van der Waals surface area contributed by atoms with Gasteiger partial charge in [-0.05, 0) is 24.4 Å². The van der Waals surface area contributed by atoms with Crippen LogP contribution >= 0.6 is 12.2 Å². The van der Waals surface area contributed by atoms with E-state index in [1.165, 1.54) is 0 Å². The summed E-state index contributed by atoms with van der Waals surface area (Å²) in [4.78, 5) is 0. The van der Waals surface area contributed by atoms with E-state index < -0.39 is 0 Å². The Morgan fingerprint density at radius 3 is 3.05 bits per heavy atom. The number of hydrazone groups is 1. The van der Waals surface area contributed by atoms with Crippen molar-refractivity contribution in [3.8, 4) is 5.75 Å². The van der Waals surface area contributed by atoms with Gasteiger partial charge in [0, 0.05) is 30.6 Å². The maximum Gasteiger partial charge on any atom is 0.191 e. The molecule has 2 N–H and O–H groups in total. The van der Waals surface area contributed by atoms with E-state index in [9.17, 15) is 0 Å². The third-order valence-corrected chi connectivity index (χ3v) is 2.63. The lowest BCUT2D eigenvalue weighted by Gasteiger charge is -2.08. The molecule has 0 atom stereocenters. The third-order valence-electron chi connectivity index (χ3n) is 2.43. The first kappa shape index (κ1) is 14.0. The third kappa shape index (κ3) is 4.06. The van der Waals surface area contributed by atoms with Gasteiger partial charge in [0.1, 0.15) is 5.75 Å². The average molecular weight is 289 g/mol. The largest absolute Gasteiger partial charge is 0.497 e. The van der Waals surface area contributed by atoms with Gasteiger partial charge in [0.15, 0.2) is 5.11 Å². The van der Waals surface area contributed by atoms with E-state index in [0.717, 1.165) is 17.0 Å². The normalized spacial score (nSPS) is 10.5. The number of thiocarbonyl (C=S) groups is 1. The average Bonchev–Trinajstić information content (AvgIpc) is 2.84. The molecule has 1 aromatic carbocycles. The SMILES string of the molecule is COc1cccc(NC(=S)N/N=C/c2cnn(C)c2)c1. The second-order valence-corrected chi connectivity index (χ2v) is 4.41. The summed E-state index contributed by atoms with van der Waals surface area (Å²) >= 11 is 5.14. The summed E-state index contributed by atoms with van der Waals surface area (Å²) in [6.07, 6.45) is 5.21. The predicted molar refractivity (Wildman–Crippen MR) is 83.2 cm³/mol. The molecule has 104 valence electrons. The highest BCUT2D eigenvalue weighted by Crippen LogP contribution is 2.16. The lowest BCUT2D eigenvalue weighted by Crippen LogP contribution is -2.23. The van der Waals surface area contributed by atoms with E-state index >= 15 is 0 Å². The van der Waals surface area contributed by atoms with Crippen molar-refractivity contribution in [3.05, 3.63) is 42.2 Å². The standard InChI is InChI=1S/C13H15N5OS/c1-18-9-10(8-15-18)7-14-17-13(20)16-11-4-3-5-12(6-11)19-2/h3-9H,1-2H3,(H2,16,17,20)/b14-7+. The van der Waals surface area contributed by atoms with Crippen LogP contribution in [-0.2, 0) is 7.05 Å². The summed E-state index contributed by atoms with van der Waals surface area (Å²) in [6, 6.07) is 7.48. The Bertz CT molecular complexity index is 623. The predicted octanol–water partition coefficient (Wildman–Crippen LogP) is 1.75. The van der Waals surface area contributed by atoms with Crippen molar-refractivity contribution < 1.29 is 4.74 Å². The molecule has 0 amide bonds. The molecule has 0 aliphatic carbocycles. The van der Waals surface area contributed by atoms with Crippen LogP contribution < -0.4 is 15.5 Å². The van der Waals surface area contributed by atoms with Crippen LogP contribution in [0.4, 0.5) is 5.69 Å². The van der Waals surface area contributed by atoms with Gasteiger partial charge in [0.2, 0.25) is 0 Å². The lowest BCUT2D eigenvalue weighted by molar-refractivity contribution is 0.415. The molecule has 1 aromatic heterocycles. The number of aryl methyl sites for hydroxylation is 1. The number of methoxy groups -OCH3 is 1. The minimum atomic E-state index is 0.401. The quantitative estimate of drug-likeness (QED) is 0.510. The molecule has 0 unspecified atom stereocenters. The molecule has 0 saturated heterocycles. The summed E-state index contributed by atoms with van der Waals surface area (Å²) in [5.74, 6) is 0.761. The summed E-state index contributed by atoms with van der Waals surface area (Å²) in [5, 5.41) is 11.5. The molecule has 2 rings (SSSR count). The monoisotopic (exact) mass is 289 g/mol. The van der Waals surface area contributed by atoms with Gasteiger partial charge in [-0.25, -0.2) is 0 Å². The second kappa shape index (κ2) is 6.67. The van der Waals surface area contributed by atoms with Crippen molar-refractivity contribution in [3.63, 3.8) is 0 Å². The van der Waals surface area contributed by atoms with Gasteiger partial charge in [0.25, 0.3) is 0 Å². The number of nitrogens with zero attached hydrogens (tertiary/aromatic N) is 3. The van der Waals surface area contributed by atoms with Crippen molar-refractivity contribution >= 4 is 29.2 Å². The minimum absolute atomic E-state index is 0.401. The van der Waals surface area contributed by atoms with Crippen LogP contribution in [0.5, 0.6) is 5.75 Å². The first-order chi connectivity index (χ1) is 9.67. The number of hydrogen-bond acceptors (Lipinski definition) is 4. The van der Waals surface area contributed by atoms with Crippen LogP contribution in [-0.4, -0.2) is 28.2 Å². The Morgan fingerprint density at radius 2 is 2.35 bits per heavy atom. The Morgan fingerprint density at radius 1 is 1.50 bits per heavy atom. The van der Waals surface area contributed by atoms with Crippen LogP contribution in [0.2, 0.25) is 0 Å². The zero-order valence-corrected chi connectivity index (χ0v) is 12.0. The Kier molecular flexibility index (Phi) is 4.67. The molecule has 1 heterocycles. The lowest BCUT2D eigenvalue weighted by atomic mass is 10.3. The van der Waals surface area contributed by atoms with Gasteiger partial charge < -0.3 is 10.1 Å². The van der Waals surface area contributed by atoms with E-state index in [4.69, 9.17) is 17.0 Å². The number of benzene rings is 1. The molecular formula is C13H15N5OS. The van der Waals surface area contributed by atoms with E-state index in [1.54, 1.807) is 24.2 Å². The molecule has 0 saturated carbocycles. The van der Waals surface area contributed by atoms with Crippen molar-refractivity contribution in [2.24, 2.45) is 12.1 Å². The van der Waals surface area contributed by atoms with Crippen molar-refractivity contribution in [1.82, 2.24) is 15.2 Å². The molecule has 0 spiro atoms. The molecule has 7 heteroatoms. The fourth-order valence-electron chi connectivity index (χ4n) is 1.53. The van der Waals surface area contributed by atoms with Crippen molar-refractivity contribution in [2.45, 2.75) is 0 Å². The first-order valence-corrected chi connectivity index (χ1v) is 6.31. The van der Waals surface area contributed by atoms with E-state index in [1.807, 2.05) is 37.5 Å². The van der Waals surface area contributed by atoms with Gasteiger partial charge in [-0.1, -0.05) is 6.07 Å². The zero-order valence-electron chi connectivity index (χ0n) is 11.2. The highest BCUT2D eigenvalue weighted by atomic mass is 32.1. The molecular weight excluding hydrogens is 274 g/mol. The first-order valence-electron chi connectivity index (χ1n) is 5.90. The maximum absolute atomic E-state index is 5.14. The molecule has 0 aliphatic heterocycles. The number of nitrogens with one attached hydrogen (secondary N) is 2. The molecule has 2 aromatic rings. The van der Waals surface area contributed by atoms with E-state index in [-0.39, 0.29) is 0 Å². The molecule has 0 aliphatic rings. The van der Waals surface area contributed by atoms with Crippen LogP contribution in [0.25, 0.3) is 0 Å². The highest BCUT2D eigenvalue weighted by Gasteiger charge is 1.98.